The van der Waals surface area contributed by atoms with Crippen molar-refractivity contribution in [2.75, 3.05) is 42.9 Å². The van der Waals surface area contributed by atoms with Gasteiger partial charge in [0.15, 0.2) is 0 Å². The maximum absolute atomic E-state index is 13.2. The normalized spacial score (nSPS) is 24.2. The number of hydrogen-bond donors (Lipinski definition) is 2. The van der Waals surface area contributed by atoms with E-state index in [0.29, 0.717) is 6.04 Å². The van der Waals surface area contributed by atoms with E-state index < -0.39 is 12.2 Å². The van der Waals surface area contributed by atoms with Gasteiger partial charge in [-0.25, -0.2) is 4.39 Å². The third kappa shape index (κ3) is 5.06. The lowest BCUT2D eigenvalue weighted by Gasteiger charge is -2.38. The van der Waals surface area contributed by atoms with E-state index in [9.17, 15) is 9.18 Å². The molecule has 0 bridgehead atoms. The van der Waals surface area contributed by atoms with Crippen molar-refractivity contribution in [1.29, 1.82) is 0 Å². The van der Waals surface area contributed by atoms with Gasteiger partial charge in [0.2, 0.25) is 5.91 Å². The van der Waals surface area contributed by atoms with Crippen LogP contribution in [0.4, 0.5) is 15.8 Å². The van der Waals surface area contributed by atoms with Crippen LogP contribution in [0.15, 0.2) is 24.3 Å². The number of amides is 1. The Morgan fingerprint density at radius 1 is 1.28 bits per heavy atom. The molecule has 3 rings (SSSR count). The number of nitrogens with zero attached hydrogens (tertiary/aromatic N) is 2. The highest BCUT2D eigenvalue weighted by atomic mass is 35.5. The molecule has 2 saturated heterocycles. The number of nitrogens with one attached hydrogen (secondary N) is 2. The highest BCUT2D eigenvalue weighted by Gasteiger charge is 2.29. The van der Waals surface area contributed by atoms with Gasteiger partial charge in [0, 0.05) is 56.6 Å². The van der Waals surface area contributed by atoms with Crippen LogP contribution in [0, 0.1) is 0 Å². The molecule has 2 aliphatic heterocycles. The Hall–Kier alpha value is -1.37. The van der Waals surface area contributed by atoms with Crippen molar-refractivity contribution < 1.29 is 9.18 Å². The molecule has 1 aromatic rings. The van der Waals surface area contributed by atoms with Crippen molar-refractivity contribution in [2.45, 2.75) is 38.5 Å². The van der Waals surface area contributed by atoms with Gasteiger partial charge in [-0.1, -0.05) is 6.07 Å². The van der Waals surface area contributed by atoms with Crippen LogP contribution in [0.5, 0.6) is 0 Å². The standard InChI is InChI=1S/C18H27FN4O.ClH/c1-13(2)22-6-8-23(9-7-22)16-5-3-4-15(11-16)21-18(24)17-10-14(19)12-20-17;/h3-5,11,13-14,17,20H,6-10,12H2,1-2H3,(H,21,24);1H/t14-,17+;/m0./s1. The van der Waals surface area contributed by atoms with Crippen LogP contribution < -0.4 is 15.5 Å². The van der Waals surface area contributed by atoms with Crippen LogP contribution in [-0.4, -0.2) is 61.8 Å². The zero-order valence-corrected chi connectivity index (χ0v) is 15.7. The fourth-order valence-corrected chi connectivity index (χ4v) is 3.40. The predicted molar refractivity (Wildman–Crippen MR) is 103 cm³/mol. The molecular weight excluding hydrogens is 343 g/mol. The summed E-state index contributed by atoms with van der Waals surface area (Å²) in [5.41, 5.74) is 1.90. The summed E-state index contributed by atoms with van der Waals surface area (Å²) in [4.78, 5) is 17.0. The number of carbonyl (C=O) groups is 1. The molecule has 140 valence electrons. The third-order valence-electron chi connectivity index (χ3n) is 4.92. The van der Waals surface area contributed by atoms with E-state index in [-0.39, 0.29) is 31.3 Å². The first-order chi connectivity index (χ1) is 11.5. The molecular formula is C18H28ClFN4O. The predicted octanol–water partition coefficient (Wildman–Crippen LogP) is 2.28. The monoisotopic (exact) mass is 370 g/mol. The molecule has 0 spiro atoms. The molecule has 0 aliphatic carbocycles. The van der Waals surface area contributed by atoms with Crippen LogP contribution in [0.2, 0.25) is 0 Å². The van der Waals surface area contributed by atoms with E-state index >= 15 is 0 Å². The second-order valence-corrected chi connectivity index (χ2v) is 6.95. The molecule has 2 heterocycles. The van der Waals surface area contributed by atoms with Gasteiger partial charge in [-0.05, 0) is 32.0 Å². The highest BCUT2D eigenvalue weighted by Crippen LogP contribution is 2.22. The molecule has 0 saturated carbocycles. The van der Waals surface area contributed by atoms with Gasteiger partial charge in [0.05, 0.1) is 6.04 Å². The minimum atomic E-state index is -0.927. The number of carbonyl (C=O) groups excluding carboxylic acids is 1. The van der Waals surface area contributed by atoms with Gasteiger partial charge in [0.1, 0.15) is 6.17 Å². The molecule has 2 atom stereocenters. The highest BCUT2D eigenvalue weighted by molar-refractivity contribution is 5.95. The van der Waals surface area contributed by atoms with Crippen LogP contribution in [0.1, 0.15) is 20.3 Å². The summed E-state index contributed by atoms with van der Waals surface area (Å²) in [7, 11) is 0. The fourth-order valence-electron chi connectivity index (χ4n) is 3.40. The molecule has 0 aromatic heterocycles. The maximum atomic E-state index is 13.2. The Morgan fingerprint density at radius 2 is 2.00 bits per heavy atom. The van der Waals surface area contributed by atoms with Gasteiger partial charge in [0.25, 0.3) is 0 Å². The van der Waals surface area contributed by atoms with Gasteiger partial charge < -0.3 is 15.5 Å². The Labute approximate surface area is 155 Å². The minimum absolute atomic E-state index is 0. The number of rotatable bonds is 4. The molecule has 25 heavy (non-hydrogen) atoms. The Bertz CT molecular complexity index is 578. The molecule has 0 radical (unpaired) electrons. The lowest BCUT2D eigenvalue weighted by Crippen LogP contribution is -2.48. The smallest absolute Gasteiger partial charge is 0.241 e. The second-order valence-electron chi connectivity index (χ2n) is 6.95. The first-order valence-corrected chi connectivity index (χ1v) is 8.80. The number of anilines is 2. The first-order valence-electron chi connectivity index (χ1n) is 8.80. The van der Waals surface area contributed by atoms with Crippen molar-refractivity contribution in [1.82, 2.24) is 10.2 Å². The number of alkyl halides is 1. The van der Waals surface area contributed by atoms with Crippen molar-refractivity contribution >= 4 is 29.7 Å². The summed E-state index contributed by atoms with van der Waals surface area (Å²) >= 11 is 0. The first kappa shape index (κ1) is 19.9. The van der Waals surface area contributed by atoms with Crippen molar-refractivity contribution in [3.05, 3.63) is 24.3 Å². The van der Waals surface area contributed by atoms with Crippen molar-refractivity contribution in [3.8, 4) is 0 Å². The summed E-state index contributed by atoms with van der Waals surface area (Å²) in [5, 5.41) is 5.82. The molecule has 2 N–H and O–H groups in total. The van der Waals surface area contributed by atoms with E-state index in [2.05, 4.69) is 40.3 Å². The van der Waals surface area contributed by atoms with E-state index in [1.165, 1.54) is 0 Å². The zero-order chi connectivity index (χ0) is 17.1. The average Bonchev–Trinajstić information content (AvgIpc) is 3.02. The molecule has 0 unspecified atom stereocenters. The van der Waals surface area contributed by atoms with Crippen molar-refractivity contribution in [2.24, 2.45) is 0 Å². The van der Waals surface area contributed by atoms with E-state index in [0.717, 1.165) is 37.6 Å². The quantitative estimate of drug-likeness (QED) is 0.853. The topological polar surface area (TPSA) is 47.6 Å². The summed E-state index contributed by atoms with van der Waals surface area (Å²) in [6.07, 6.45) is -0.674. The van der Waals surface area contributed by atoms with Crippen LogP contribution in [0.3, 0.4) is 0 Å². The number of halogens is 2. The van der Waals surface area contributed by atoms with E-state index in [4.69, 9.17) is 0 Å². The summed E-state index contributed by atoms with van der Waals surface area (Å²) in [6, 6.07) is 8.07. The van der Waals surface area contributed by atoms with Gasteiger partial charge in [-0.15, -0.1) is 12.4 Å². The SMILES string of the molecule is CC(C)N1CCN(c2cccc(NC(=O)[C@H]3C[C@H](F)CN3)c2)CC1.Cl. The summed E-state index contributed by atoms with van der Waals surface area (Å²) in [5.74, 6) is -0.156. The zero-order valence-electron chi connectivity index (χ0n) is 14.9. The van der Waals surface area contributed by atoms with Gasteiger partial charge in [-0.3, -0.25) is 9.69 Å². The Kier molecular flexibility index (Phi) is 7.04. The largest absolute Gasteiger partial charge is 0.369 e. The average molecular weight is 371 g/mol. The number of piperazine rings is 1. The Morgan fingerprint density at radius 3 is 2.60 bits per heavy atom. The summed E-state index contributed by atoms with van der Waals surface area (Å²) in [6.45, 7) is 8.80. The fraction of sp³-hybridized carbons (Fsp3) is 0.611. The van der Waals surface area contributed by atoms with Gasteiger partial charge in [-0.2, -0.15) is 0 Å². The number of hydrogen-bond acceptors (Lipinski definition) is 4. The van der Waals surface area contributed by atoms with Crippen LogP contribution in [0.25, 0.3) is 0 Å². The Balaban J connectivity index is 0.00000225. The van der Waals surface area contributed by atoms with Crippen molar-refractivity contribution in [3.63, 3.8) is 0 Å². The lowest BCUT2D eigenvalue weighted by molar-refractivity contribution is -0.117. The minimum Gasteiger partial charge on any atom is -0.369 e. The third-order valence-corrected chi connectivity index (χ3v) is 4.92. The molecule has 2 aliphatic rings. The molecule has 2 fully saturated rings. The van der Waals surface area contributed by atoms with E-state index in [1.807, 2.05) is 18.2 Å². The van der Waals surface area contributed by atoms with Crippen LogP contribution in [-0.2, 0) is 4.79 Å². The molecule has 1 amide bonds. The molecule has 7 heteroatoms. The maximum Gasteiger partial charge on any atom is 0.241 e. The van der Waals surface area contributed by atoms with Gasteiger partial charge >= 0.3 is 0 Å². The molecule has 1 aromatic carbocycles. The molecule has 5 nitrogen and oxygen atoms in total. The van der Waals surface area contributed by atoms with Crippen LogP contribution >= 0.6 is 12.4 Å². The summed E-state index contributed by atoms with van der Waals surface area (Å²) < 4.78 is 13.2. The second kappa shape index (κ2) is 8.83. The number of benzene rings is 1. The lowest BCUT2D eigenvalue weighted by atomic mass is 10.2. The van der Waals surface area contributed by atoms with E-state index in [1.54, 1.807) is 0 Å².